The highest BCUT2D eigenvalue weighted by Crippen LogP contribution is 2.23. The third-order valence-corrected chi connectivity index (χ3v) is 8.49. The van der Waals surface area contributed by atoms with Gasteiger partial charge in [-0.2, -0.15) is 10.2 Å². The van der Waals surface area contributed by atoms with Crippen LogP contribution in [0.4, 0.5) is 0 Å². The van der Waals surface area contributed by atoms with Crippen LogP contribution in [0.15, 0.2) is 55.0 Å². The molecule has 0 saturated carbocycles. The number of benzene rings is 1. The van der Waals surface area contributed by atoms with Crippen LogP contribution in [0.2, 0.25) is 0 Å². The molecule has 3 N–H and O–H groups in total. The molecule has 46 heavy (non-hydrogen) atoms. The van der Waals surface area contributed by atoms with E-state index in [1.807, 2.05) is 62.6 Å². The van der Waals surface area contributed by atoms with E-state index in [0.29, 0.717) is 56.1 Å². The van der Waals surface area contributed by atoms with Crippen molar-refractivity contribution in [3.05, 3.63) is 83.3 Å². The predicted octanol–water partition coefficient (Wildman–Crippen LogP) is 3.89. The van der Waals surface area contributed by atoms with Gasteiger partial charge in [0.15, 0.2) is 0 Å². The molecule has 0 bridgehead atoms. The number of fused-ring (bicyclic) bond motifs is 3. The van der Waals surface area contributed by atoms with Crippen LogP contribution in [0, 0.1) is 19.8 Å². The topological polar surface area (TPSA) is 142 Å². The largest absolute Gasteiger partial charge is 0.361 e. The Hall–Kier alpha value is -5.00. The number of carbonyl (C=O) groups excluding carboxylic acids is 3. The fourth-order valence-electron chi connectivity index (χ4n) is 6.25. The van der Waals surface area contributed by atoms with Gasteiger partial charge in [-0.05, 0) is 55.9 Å². The highest BCUT2D eigenvalue weighted by molar-refractivity contribution is 6.00. The first-order valence-corrected chi connectivity index (χ1v) is 16.0. The molecule has 12 nitrogen and oxygen atoms in total. The lowest BCUT2D eigenvalue weighted by molar-refractivity contribution is -0.129. The zero-order chi connectivity index (χ0) is 32.4. The number of rotatable bonds is 5. The zero-order valence-corrected chi connectivity index (χ0v) is 26.8. The summed E-state index contributed by atoms with van der Waals surface area (Å²) in [6.07, 6.45) is 6.92. The Morgan fingerprint density at radius 2 is 1.85 bits per heavy atom. The summed E-state index contributed by atoms with van der Waals surface area (Å²) in [5, 5.41) is 16.3. The average molecular weight is 624 g/mol. The first kappa shape index (κ1) is 31.0. The molecule has 0 aliphatic carbocycles. The molecule has 1 aliphatic rings. The molecule has 3 amide bonds. The fraction of sp³-hybridized carbons (Fsp3) is 0.412. The highest BCUT2D eigenvalue weighted by atomic mass is 16.2. The van der Waals surface area contributed by atoms with Gasteiger partial charge in [-0.1, -0.05) is 38.1 Å². The van der Waals surface area contributed by atoms with Gasteiger partial charge in [-0.15, -0.1) is 0 Å². The smallest absolute Gasteiger partial charge is 0.257 e. The van der Waals surface area contributed by atoms with Crippen molar-refractivity contribution in [3.8, 4) is 0 Å². The summed E-state index contributed by atoms with van der Waals surface area (Å²) in [5.74, 6) is 0.793. The number of nitrogens with one attached hydrogen (secondary N) is 3. The Balaban J connectivity index is 1.32. The average Bonchev–Trinajstić information content (AvgIpc) is 3.73. The van der Waals surface area contributed by atoms with Crippen molar-refractivity contribution in [1.29, 1.82) is 0 Å². The van der Waals surface area contributed by atoms with Crippen molar-refractivity contribution in [1.82, 2.24) is 44.9 Å². The van der Waals surface area contributed by atoms with E-state index in [-0.39, 0.29) is 30.1 Å². The maximum absolute atomic E-state index is 14.0. The number of para-hydroxylation sites is 1. The Morgan fingerprint density at radius 1 is 1.02 bits per heavy atom. The van der Waals surface area contributed by atoms with Crippen molar-refractivity contribution in [2.45, 2.75) is 72.0 Å². The monoisotopic (exact) mass is 623 g/mol. The number of carbonyl (C=O) groups is 3. The van der Waals surface area contributed by atoms with Gasteiger partial charge in [0.25, 0.3) is 5.91 Å². The molecule has 5 heterocycles. The van der Waals surface area contributed by atoms with Crippen LogP contribution >= 0.6 is 0 Å². The Morgan fingerprint density at radius 3 is 2.67 bits per heavy atom. The number of aromatic nitrogens is 6. The Kier molecular flexibility index (Phi) is 8.87. The molecule has 0 radical (unpaired) electrons. The summed E-state index contributed by atoms with van der Waals surface area (Å²) in [4.78, 5) is 51.0. The van der Waals surface area contributed by atoms with Crippen LogP contribution < -0.4 is 10.6 Å². The highest BCUT2D eigenvalue weighted by Gasteiger charge is 2.30. The van der Waals surface area contributed by atoms with Crippen molar-refractivity contribution in [2.24, 2.45) is 5.92 Å². The maximum Gasteiger partial charge on any atom is 0.257 e. The molecule has 1 aliphatic heterocycles. The molecular formula is C34H41N9O3. The summed E-state index contributed by atoms with van der Waals surface area (Å²) >= 11 is 0. The number of H-pyrrole nitrogens is 1. The Labute approximate surface area is 267 Å². The molecular weight excluding hydrogens is 582 g/mol. The first-order chi connectivity index (χ1) is 22.2. The van der Waals surface area contributed by atoms with Crippen LogP contribution in [0.5, 0.6) is 0 Å². The summed E-state index contributed by atoms with van der Waals surface area (Å²) in [7, 11) is 0. The van der Waals surface area contributed by atoms with Crippen LogP contribution in [-0.4, -0.2) is 71.1 Å². The number of aromatic amines is 1. The molecule has 0 spiro atoms. The van der Waals surface area contributed by atoms with Gasteiger partial charge in [-0.3, -0.25) is 14.4 Å². The summed E-state index contributed by atoms with van der Waals surface area (Å²) in [6, 6.07) is 10.5. The lowest BCUT2D eigenvalue weighted by atomic mass is 10.0. The number of aryl methyl sites for hydroxylation is 2. The lowest BCUT2D eigenvalue weighted by Gasteiger charge is -2.27. The van der Waals surface area contributed by atoms with E-state index in [4.69, 9.17) is 4.98 Å². The van der Waals surface area contributed by atoms with E-state index in [1.165, 1.54) is 0 Å². The molecule has 0 fully saturated rings. The number of hydrogen-bond donors (Lipinski definition) is 3. The number of amides is 3. The standard InChI is InChI=1S/C34H41N9O3/c1-21(2)16-28-32-37-23(4)40-42(32)15-14-41(34(46)26-19-36-43-20-22(3)11-12-30(26)43)13-7-10-31(44)38-29(33(45)39-28)17-24-18-35-27-9-6-5-8-25(24)27/h5-6,8-9,11-12,18-21,28-29,35H,7,10,13-17H2,1-4H3,(H,38,44)(H,39,45)/t28-,29+/m0/s1. The molecule has 5 aromatic rings. The predicted molar refractivity (Wildman–Crippen MR) is 174 cm³/mol. The SMILES string of the molecule is Cc1ccc2c(C(=O)N3CCCC(=O)N[C@H](Cc4c[nH]c5ccccc45)C(=O)N[C@@H](CC(C)C)c4nc(C)nn4CC3)cnn2c1. The van der Waals surface area contributed by atoms with Crippen molar-refractivity contribution < 1.29 is 14.4 Å². The first-order valence-electron chi connectivity index (χ1n) is 16.0. The van der Waals surface area contributed by atoms with Crippen LogP contribution in [0.1, 0.15) is 72.3 Å². The van der Waals surface area contributed by atoms with Crippen LogP contribution in [0.25, 0.3) is 16.4 Å². The molecule has 0 unspecified atom stereocenters. The zero-order valence-electron chi connectivity index (χ0n) is 26.8. The summed E-state index contributed by atoms with van der Waals surface area (Å²) in [6.45, 7) is 9.08. The van der Waals surface area contributed by atoms with Gasteiger partial charge in [0.2, 0.25) is 11.8 Å². The summed E-state index contributed by atoms with van der Waals surface area (Å²) < 4.78 is 3.52. The van der Waals surface area contributed by atoms with E-state index in [9.17, 15) is 14.4 Å². The fourth-order valence-corrected chi connectivity index (χ4v) is 6.25. The third-order valence-electron chi connectivity index (χ3n) is 8.49. The molecule has 6 rings (SSSR count). The van der Waals surface area contributed by atoms with Gasteiger partial charge in [-0.25, -0.2) is 14.2 Å². The molecule has 1 aromatic carbocycles. The normalized spacial score (nSPS) is 18.4. The van der Waals surface area contributed by atoms with Gasteiger partial charge >= 0.3 is 0 Å². The second-order valence-electron chi connectivity index (χ2n) is 12.6. The van der Waals surface area contributed by atoms with Crippen molar-refractivity contribution >= 4 is 34.1 Å². The minimum Gasteiger partial charge on any atom is -0.361 e. The molecule has 2 atom stereocenters. The van der Waals surface area contributed by atoms with Crippen molar-refractivity contribution in [3.63, 3.8) is 0 Å². The molecule has 0 saturated heterocycles. The van der Waals surface area contributed by atoms with Gasteiger partial charge < -0.3 is 20.5 Å². The molecule has 240 valence electrons. The maximum atomic E-state index is 14.0. The lowest BCUT2D eigenvalue weighted by Crippen LogP contribution is -2.49. The number of pyridine rings is 1. The van der Waals surface area contributed by atoms with Gasteiger partial charge in [0.1, 0.15) is 17.7 Å². The molecule has 12 heteroatoms. The van der Waals surface area contributed by atoms with E-state index >= 15 is 0 Å². The Bertz CT molecular complexity index is 1880. The minimum absolute atomic E-state index is 0.158. The van der Waals surface area contributed by atoms with E-state index < -0.39 is 12.1 Å². The van der Waals surface area contributed by atoms with Gasteiger partial charge in [0, 0.05) is 49.2 Å². The quantitative estimate of drug-likeness (QED) is 0.271. The van der Waals surface area contributed by atoms with Gasteiger partial charge in [0.05, 0.1) is 29.9 Å². The van der Waals surface area contributed by atoms with Crippen molar-refractivity contribution in [2.75, 3.05) is 13.1 Å². The second-order valence-corrected chi connectivity index (χ2v) is 12.6. The van der Waals surface area contributed by atoms with E-state index in [2.05, 4.69) is 39.7 Å². The van der Waals surface area contributed by atoms with Crippen LogP contribution in [0.3, 0.4) is 0 Å². The number of nitrogens with zero attached hydrogens (tertiary/aromatic N) is 6. The molecule has 4 aromatic heterocycles. The van der Waals surface area contributed by atoms with Crippen LogP contribution in [-0.2, 0) is 22.6 Å². The second kappa shape index (κ2) is 13.2. The number of hydrogen-bond acceptors (Lipinski definition) is 6. The minimum atomic E-state index is -0.804. The third kappa shape index (κ3) is 6.65. The van der Waals surface area contributed by atoms with E-state index in [0.717, 1.165) is 27.5 Å². The van der Waals surface area contributed by atoms with E-state index in [1.54, 1.807) is 20.3 Å². The summed E-state index contributed by atoms with van der Waals surface area (Å²) in [5.41, 5.74) is 4.18.